The number of hydrogen-bond acceptors (Lipinski definition) is 5. The minimum absolute atomic E-state index is 0.615. The Kier molecular flexibility index (Phi) is 3.77. The summed E-state index contributed by atoms with van der Waals surface area (Å²) in [6, 6.07) is 3.87. The number of nitrogens with one attached hydrogen (secondary N) is 1. The van der Waals surface area contributed by atoms with Gasteiger partial charge in [0.1, 0.15) is 5.69 Å². The van der Waals surface area contributed by atoms with Crippen LogP contribution in [0.5, 0.6) is 5.88 Å². The number of ether oxygens (including phenoxy) is 1. The lowest BCUT2D eigenvalue weighted by molar-refractivity contribution is 0.234. The minimum Gasteiger partial charge on any atom is -0.476 e. The molecule has 6 nitrogen and oxygen atoms in total. The maximum Gasteiger partial charge on any atom is 0.233 e. The van der Waals surface area contributed by atoms with Gasteiger partial charge in [0, 0.05) is 13.1 Å². The molecular formula is C17H23N5O. The molecule has 0 aromatic carbocycles. The van der Waals surface area contributed by atoms with Crippen LogP contribution >= 0.6 is 0 Å². The lowest BCUT2D eigenvalue weighted by atomic mass is 10.0. The van der Waals surface area contributed by atoms with Crippen molar-refractivity contribution < 1.29 is 4.74 Å². The highest BCUT2D eigenvalue weighted by molar-refractivity contribution is 5.58. The molecule has 6 heteroatoms. The Morgan fingerprint density at radius 1 is 1.22 bits per heavy atom. The molecule has 4 rings (SSSR count). The molecule has 23 heavy (non-hydrogen) atoms. The molecule has 2 unspecified atom stereocenters. The Hall–Kier alpha value is -1.95. The van der Waals surface area contributed by atoms with E-state index in [1.165, 1.54) is 25.9 Å². The number of aromatic nitrogens is 4. The second kappa shape index (κ2) is 5.92. The number of fused-ring (bicyclic) bond motifs is 1. The molecule has 0 radical (unpaired) electrons. The van der Waals surface area contributed by atoms with Gasteiger partial charge in [-0.3, -0.25) is 4.68 Å². The SMILES string of the molecule is Cc1cnn(C)c1-c1ccc(OCC2CC3CNC[C@H]3C2)nn1. The molecule has 0 spiro atoms. The maximum atomic E-state index is 5.87. The van der Waals surface area contributed by atoms with Crippen LogP contribution in [0.4, 0.5) is 0 Å². The van der Waals surface area contributed by atoms with Crippen LogP contribution in [0, 0.1) is 24.7 Å². The van der Waals surface area contributed by atoms with Crippen LogP contribution < -0.4 is 10.1 Å². The fourth-order valence-electron chi connectivity index (χ4n) is 4.07. The molecule has 122 valence electrons. The van der Waals surface area contributed by atoms with Crippen molar-refractivity contribution in [1.82, 2.24) is 25.3 Å². The first-order valence-electron chi connectivity index (χ1n) is 8.37. The molecular weight excluding hydrogens is 290 g/mol. The van der Waals surface area contributed by atoms with Crippen LogP contribution in [0.25, 0.3) is 11.4 Å². The molecule has 1 aliphatic carbocycles. The second-order valence-electron chi connectivity index (χ2n) is 6.88. The van der Waals surface area contributed by atoms with Gasteiger partial charge in [0.25, 0.3) is 0 Å². The first-order valence-corrected chi connectivity index (χ1v) is 8.37. The van der Waals surface area contributed by atoms with E-state index in [9.17, 15) is 0 Å². The zero-order valence-corrected chi connectivity index (χ0v) is 13.7. The summed E-state index contributed by atoms with van der Waals surface area (Å²) in [5.74, 6) is 2.98. The van der Waals surface area contributed by atoms with Crippen molar-refractivity contribution in [1.29, 1.82) is 0 Å². The summed E-state index contributed by atoms with van der Waals surface area (Å²) in [7, 11) is 1.92. The predicted molar refractivity (Wildman–Crippen MR) is 87.0 cm³/mol. The Morgan fingerprint density at radius 2 is 2.00 bits per heavy atom. The van der Waals surface area contributed by atoms with Gasteiger partial charge in [-0.25, -0.2) is 0 Å². The van der Waals surface area contributed by atoms with E-state index in [2.05, 4.69) is 20.6 Å². The normalized spacial score (nSPS) is 26.4. The third-order valence-electron chi connectivity index (χ3n) is 5.22. The lowest BCUT2D eigenvalue weighted by Gasteiger charge is -2.12. The average Bonchev–Trinajstić information content (AvgIpc) is 3.21. The zero-order chi connectivity index (χ0) is 15.8. The molecule has 2 fully saturated rings. The first-order chi connectivity index (χ1) is 11.2. The molecule has 2 aromatic rings. The van der Waals surface area contributed by atoms with Crippen molar-refractivity contribution in [3.63, 3.8) is 0 Å². The first kappa shape index (κ1) is 14.6. The molecule has 2 aliphatic rings. The van der Waals surface area contributed by atoms with E-state index in [0.717, 1.165) is 35.4 Å². The van der Waals surface area contributed by atoms with Crippen molar-refractivity contribution in [2.75, 3.05) is 19.7 Å². The molecule has 1 saturated heterocycles. The largest absolute Gasteiger partial charge is 0.476 e. The van der Waals surface area contributed by atoms with E-state index in [1.54, 1.807) is 0 Å². The van der Waals surface area contributed by atoms with Gasteiger partial charge >= 0.3 is 0 Å². The van der Waals surface area contributed by atoms with E-state index < -0.39 is 0 Å². The van der Waals surface area contributed by atoms with Gasteiger partial charge in [-0.15, -0.1) is 10.2 Å². The van der Waals surface area contributed by atoms with Crippen molar-refractivity contribution in [3.8, 4) is 17.3 Å². The molecule has 3 heterocycles. The average molecular weight is 313 g/mol. The summed E-state index contributed by atoms with van der Waals surface area (Å²) in [5.41, 5.74) is 2.93. The Labute approximate surface area is 136 Å². The zero-order valence-electron chi connectivity index (χ0n) is 13.7. The fourth-order valence-corrected chi connectivity index (χ4v) is 4.07. The smallest absolute Gasteiger partial charge is 0.233 e. The van der Waals surface area contributed by atoms with Crippen LogP contribution in [-0.4, -0.2) is 39.7 Å². The maximum absolute atomic E-state index is 5.87. The Morgan fingerprint density at radius 3 is 2.61 bits per heavy atom. The van der Waals surface area contributed by atoms with E-state index in [0.29, 0.717) is 11.8 Å². The van der Waals surface area contributed by atoms with Gasteiger partial charge < -0.3 is 10.1 Å². The summed E-state index contributed by atoms with van der Waals surface area (Å²) in [5, 5.41) is 16.2. The van der Waals surface area contributed by atoms with Gasteiger partial charge in [0.15, 0.2) is 0 Å². The molecule has 0 amide bonds. The molecule has 2 aromatic heterocycles. The van der Waals surface area contributed by atoms with Crippen molar-refractivity contribution in [2.24, 2.45) is 24.8 Å². The van der Waals surface area contributed by atoms with E-state index >= 15 is 0 Å². The lowest BCUT2D eigenvalue weighted by Crippen LogP contribution is -2.16. The molecule has 0 bridgehead atoms. The second-order valence-corrected chi connectivity index (χ2v) is 6.88. The number of hydrogen-bond donors (Lipinski definition) is 1. The minimum atomic E-state index is 0.615. The van der Waals surface area contributed by atoms with Crippen LogP contribution in [-0.2, 0) is 7.05 Å². The van der Waals surface area contributed by atoms with Crippen LogP contribution in [0.15, 0.2) is 18.3 Å². The van der Waals surface area contributed by atoms with Gasteiger partial charge in [-0.05, 0) is 62.2 Å². The van der Waals surface area contributed by atoms with Crippen LogP contribution in [0.2, 0.25) is 0 Å². The third kappa shape index (κ3) is 2.83. The van der Waals surface area contributed by atoms with Gasteiger partial charge in [-0.2, -0.15) is 5.10 Å². The van der Waals surface area contributed by atoms with Gasteiger partial charge in [-0.1, -0.05) is 0 Å². The Bertz CT molecular complexity index is 649. The third-order valence-corrected chi connectivity index (χ3v) is 5.22. The van der Waals surface area contributed by atoms with E-state index in [4.69, 9.17) is 4.74 Å². The topological polar surface area (TPSA) is 64.9 Å². The van der Waals surface area contributed by atoms with Gasteiger partial charge in [0.2, 0.25) is 5.88 Å². The molecule has 1 aliphatic heterocycles. The van der Waals surface area contributed by atoms with Crippen molar-refractivity contribution in [3.05, 3.63) is 23.9 Å². The summed E-state index contributed by atoms with van der Waals surface area (Å²) >= 11 is 0. The summed E-state index contributed by atoms with van der Waals surface area (Å²) in [6.45, 7) is 5.14. The van der Waals surface area contributed by atoms with Gasteiger partial charge in [0.05, 0.1) is 18.5 Å². The Balaban J connectivity index is 1.37. The standard InChI is InChI=1S/C17H23N5O/c1-11-7-19-22(2)17(11)15-3-4-16(21-20-15)23-10-12-5-13-8-18-9-14(13)6-12/h3-4,7,12-14,18H,5-6,8-10H2,1-2H3/t12?,13-,14?/m1/s1. The van der Waals surface area contributed by atoms with E-state index in [1.807, 2.05) is 37.0 Å². The number of nitrogens with zero attached hydrogens (tertiary/aromatic N) is 4. The summed E-state index contributed by atoms with van der Waals surface area (Å²) < 4.78 is 7.70. The number of aryl methyl sites for hydroxylation is 2. The number of rotatable bonds is 4. The highest BCUT2D eigenvalue weighted by Crippen LogP contribution is 2.38. The highest BCUT2D eigenvalue weighted by Gasteiger charge is 2.37. The molecule has 1 saturated carbocycles. The summed E-state index contributed by atoms with van der Waals surface area (Å²) in [4.78, 5) is 0. The summed E-state index contributed by atoms with van der Waals surface area (Å²) in [6.07, 6.45) is 4.39. The fraction of sp³-hybridized carbons (Fsp3) is 0.588. The van der Waals surface area contributed by atoms with Crippen LogP contribution in [0.1, 0.15) is 18.4 Å². The van der Waals surface area contributed by atoms with Crippen LogP contribution in [0.3, 0.4) is 0 Å². The monoisotopic (exact) mass is 313 g/mol. The van der Waals surface area contributed by atoms with Crippen molar-refractivity contribution in [2.45, 2.75) is 19.8 Å². The molecule has 3 atom stereocenters. The molecule has 1 N–H and O–H groups in total. The highest BCUT2D eigenvalue weighted by atomic mass is 16.5. The quantitative estimate of drug-likeness (QED) is 0.932. The van der Waals surface area contributed by atoms with E-state index in [-0.39, 0.29) is 0 Å². The predicted octanol–water partition coefficient (Wildman–Crippen LogP) is 1.81. The van der Waals surface area contributed by atoms with Crippen molar-refractivity contribution >= 4 is 0 Å².